The van der Waals surface area contributed by atoms with E-state index in [9.17, 15) is 14.9 Å². The molecule has 4 fully saturated rings. The number of hydrogen-bond acceptors (Lipinski definition) is 5. The van der Waals surface area contributed by atoms with Crippen LogP contribution in [0.5, 0.6) is 0 Å². The van der Waals surface area contributed by atoms with E-state index in [1.54, 1.807) is 4.90 Å². The van der Waals surface area contributed by atoms with Crippen molar-refractivity contribution in [3.05, 3.63) is 35.4 Å². The molecule has 2 amide bonds. The minimum absolute atomic E-state index is 0.0401. The van der Waals surface area contributed by atoms with E-state index in [0.717, 1.165) is 31.4 Å². The van der Waals surface area contributed by atoms with E-state index in [1.807, 2.05) is 4.90 Å². The fourth-order valence-corrected chi connectivity index (χ4v) is 5.82. The number of fused-ring (bicyclic) bond motifs is 3. The van der Waals surface area contributed by atoms with Crippen molar-refractivity contribution in [3.63, 3.8) is 0 Å². The van der Waals surface area contributed by atoms with Gasteiger partial charge in [-0.25, -0.2) is 0 Å². The van der Waals surface area contributed by atoms with Gasteiger partial charge in [0.15, 0.2) is 0 Å². The van der Waals surface area contributed by atoms with Crippen molar-refractivity contribution in [1.29, 1.82) is 5.26 Å². The van der Waals surface area contributed by atoms with Crippen LogP contribution >= 0.6 is 0 Å². The molecule has 1 aromatic rings. The molecule has 2 bridgehead atoms. The molecular weight excluding hydrogens is 378 g/mol. The summed E-state index contributed by atoms with van der Waals surface area (Å²) < 4.78 is 0. The molecule has 3 aliphatic heterocycles. The second-order valence-electron chi connectivity index (χ2n) is 9.49. The Labute approximate surface area is 177 Å². The summed E-state index contributed by atoms with van der Waals surface area (Å²) in [4.78, 5) is 31.9. The summed E-state index contributed by atoms with van der Waals surface area (Å²) in [5, 5.41) is 9.36. The van der Waals surface area contributed by atoms with Crippen LogP contribution in [0.4, 0.5) is 0 Å². The van der Waals surface area contributed by atoms with Crippen LogP contribution in [-0.2, 0) is 9.59 Å². The Bertz CT molecular complexity index is 909. The number of nitrogens with two attached hydrogens (primary N) is 1. The Kier molecular flexibility index (Phi) is 4.60. The van der Waals surface area contributed by atoms with Crippen LogP contribution in [-0.4, -0.2) is 69.8 Å². The van der Waals surface area contributed by atoms with Crippen molar-refractivity contribution in [2.75, 3.05) is 13.1 Å². The van der Waals surface area contributed by atoms with Crippen LogP contribution in [0.3, 0.4) is 0 Å². The molecule has 1 aliphatic carbocycles. The lowest BCUT2D eigenvalue weighted by atomic mass is 10.0. The lowest BCUT2D eigenvalue weighted by Crippen LogP contribution is -2.57. The Morgan fingerprint density at radius 3 is 2.67 bits per heavy atom. The van der Waals surface area contributed by atoms with E-state index in [4.69, 9.17) is 5.73 Å². The zero-order chi connectivity index (χ0) is 21.2. The standard InChI is InChI=1S/C23H29N5O2/c1-13-3-5-15(6-4-13)14(2)27-18-9-21(23(27)30)26(11-18)12-19(25)22(29)28-17(10-24)7-16-8-20(16)28/h3-6,14,16-21H,7-9,11-12,25H2,1-2H3/t14-,16?,17-,18-,19-,20-,21-/m0/s1. The monoisotopic (exact) mass is 407 g/mol. The zero-order valence-corrected chi connectivity index (χ0v) is 17.6. The smallest absolute Gasteiger partial charge is 0.242 e. The van der Waals surface area contributed by atoms with Gasteiger partial charge in [0.2, 0.25) is 11.8 Å². The maximum atomic E-state index is 13.1. The van der Waals surface area contributed by atoms with Crippen LogP contribution in [0.25, 0.3) is 0 Å². The Hall–Kier alpha value is -2.43. The molecule has 4 aliphatic rings. The lowest BCUT2D eigenvalue weighted by molar-refractivity contribution is -0.141. The highest BCUT2D eigenvalue weighted by Gasteiger charge is 2.56. The molecule has 0 aromatic heterocycles. The topological polar surface area (TPSA) is 93.7 Å². The molecule has 3 saturated heterocycles. The molecule has 1 saturated carbocycles. The average molecular weight is 408 g/mol. The highest BCUT2D eigenvalue weighted by molar-refractivity contribution is 5.87. The van der Waals surface area contributed by atoms with Crippen LogP contribution < -0.4 is 5.73 Å². The Morgan fingerprint density at radius 1 is 1.27 bits per heavy atom. The average Bonchev–Trinajstić information content (AvgIpc) is 3.07. The molecule has 2 N–H and O–H groups in total. The van der Waals surface area contributed by atoms with E-state index in [0.29, 0.717) is 12.5 Å². The van der Waals surface area contributed by atoms with Gasteiger partial charge in [0, 0.05) is 25.2 Å². The molecule has 158 valence electrons. The molecule has 3 heterocycles. The van der Waals surface area contributed by atoms with E-state index in [1.165, 1.54) is 5.56 Å². The third-order valence-electron chi connectivity index (χ3n) is 7.55. The molecule has 30 heavy (non-hydrogen) atoms. The Balaban J connectivity index is 1.23. The largest absolute Gasteiger partial charge is 0.330 e. The minimum atomic E-state index is -0.685. The van der Waals surface area contributed by atoms with E-state index < -0.39 is 6.04 Å². The number of rotatable bonds is 5. The van der Waals surface area contributed by atoms with E-state index >= 15 is 0 Å². The number of carbonyl (C=O) groups excluding carboxylic acids is 2. The molecule has 0 radical (unpaired) electrons. The maximum absolute atomic E-state index is 13.1. The minimum Gasteiger partial charge on any atom is -0.330 e. The van der Waals surface area contributed by atoms with Gasteiger partial charge < -0.3 is 15.5 Å². The van der Waals surface area contributed by atoms with Gasteiger partial charge in [0.25, 0.3) is 0 Å². The normalized spacial score (nSPS) is 34.1. The summed E-state index contributed by atoms with van der Waals surface area (Å²) in [6.07, 6.45) is 2.57. The number of benzene rings is 1. The highest BCUT2D eigenvalue weighted by Crippen LogP contribution is 2.48. The van der Waals surface area contributed by atoms with Crippen molar-refractivity contribution in [2.45, 2.75) is 69.4 Å². The molecule has 1 aromatic carbocycles. The van der Waals surface area contributed by atoms with Crippen molar-refractivity contribution in [2.24, 2.45) is 11.7 Å². The van der Waals surface area contributed by atoms with Gasteiger partial charge in [0.1, 0.15) is 6.04 Å². The summed E-state index contributed by atoms with van der Waals surface area (Å²) >= 11 is 0. The summed E-state index contributed by atoms with van der Waals surface area (Å²) in [7, 11) is 0. The fraction of sp³-hybridized carbons (Fsp3) is 0.609. The first-order valence-corrected chi connectivity index (χ1v) is 11.0. The molecule has 7 heteroatoms. The van der Waals surface area contributed by atoms with Crippen LogP contribution in [0.1, 0.15) is 43.4 Å². The highest BCUT2D eigenvalue weighted by atomic mass is 16.2. The van der Waals surface area contributed by atoms with Gasteiger partial charge in [-0.3, -0.25) is 14.5 Å². The van der Waals surface area contributed by atoms with Gasteiger partial charge in [-0.05, 0) is 44.6 Å². The first-order chi connectivity index (χ1) is 14.4. The molecule has 7 nitrogen and oxygen atoms in total. The maximum Gasteiger partial charge on any atom is 0.242 e. The summed E-state index contributed by atoms with van der Waals surface area (Å²) in [5.41, 5.74) is 8.64. The second kappa shape index (κ2) is 7.07. The number of nitriles is 1. The Morgan fingerprint density at radius 2 is 2.00 bits per heavy atom. The molecule has 1 unspecified atom stereocenters. The number of carbonyl (C=O) groups is 2. The predicted octanol–water partition coefficient (Wildman–Crippen LogP) is 1.18. The van der Waals surface area contributed by atoms with Gasteiger partial charge in [-0.1, -0.05) is 29.8 Å². The summed E-state index contributed by atoms with van der Waals surface area (Å²) in [5.74, 6) is 0.482. The predicted molar refractivity (Wildman–Crippen MR) is 111 cm³/mol. The summed E-state index contributed by atoms with van der Waals surface area (Å²) in [6, 6.07) is 9.79. The van der Waals surface area contributed by atoms with Crippen molar-refractivity contribution < 1.29 is 9.59 Å². The molecular formula is C23H29N5O2. The van der Waals surface area contributed by atoms with Crippen LogP contribution in [0.15, 0.2) is 24.3 Å². The number of nitrogens with zero attached hydrogens (tertiary/aromatic N) is 4. The number of likely N-dealkylation sites (tertiary alicyclic amines) is 3. The van der Waals surface area contributed by atoms with Gasteiger partial charge in [0.05, 0.1) is 24.2 Å². The third kappa shape index (κ3) is 3.01. The van der Waals surface area contributed by atoms with Gasteiger partial charge >= 0.3 is 0 Å². The SMILES string of the molecule is Cc1ccc([C@H](C)N2C(=O)[C@@H]3C[C@H]2CN3C[C@H](N)C(=O)N2[C@H](C#N)CC3C[C@@H]32)cc1. The van der Waals surface area contributed by atoms with E-state index in [2.05, 4.69) is 49.1 Å². The van der Waals surface area contributed by atoms with Crippen LogP contribution in [0.2, 0.25) is 0 Å². The first kappa shape index (κ1) is 19.5. The van der Waals surface area contributed by atoms with Crippen molar-refractivity contribution in [3.8, 4) is 6.07 Å². The van der Waals surface area contributed by atoms with E-state index in [-0.39, 0.29) is 42.0 Å². The van der Waals surface area contributed by atoms with Gasteiger partial charge in [-0.15, -0.1) is 0 Å². The van der Waals surface area contributed by atoms with Gasteiger partial charge in [-0.2, -0.15) is 5.26 Å². The second-order valence-corrected chi connectivity index (χ2v) is 9.49. The number of aryl methyl sites for hydroxylation is 1. The summed E-state index contributed by atoms with van der Waals surface area (Å²) in [6.45, 7) is 5.28. The van der Waals surface area contributed by atoms with Crippen molar-refractivity contribution >= 4 is 11.8 Å². The van der Waals surface area contributed by atoms with Crippen molar-refractivity contribution in [1.82, 2.24) is 14.7 Å². The quantitative estimate of drug-likeness (QED) is 0.791. The molecule has 7 atom stereocenters. The fourth-order valence-electron chi connectivity index (χ4n) is 5.82. The van der Waals surface area contributed by atoms with Crippen LogP contribution in [0, 0.1) is 24.2 Å². The first-order valence-electron chi connectivity index (χ1n) is 11.0. The number of amides is 2. The molecule has 5 rings (SSSR count). The third-order valence-corrected chi connectivity index (χ3v) is 7.55. The number of piperazine rings is 1. The zero-order valence-electron chi connectivity index (χ0n) is 17.6. The molecule has 0 spiro atoms. The number of hydrogen-bond donors (Lipinski definition) is 1. The lowest BCUT2D eigenvalue weighted by Gasteiger charge is -2.38. The number of piperidine rings is 1.